The van der Waals surface area contributed by atoms with Gasteiger partial charge in [0.1, 0.15) is 11.9 Å². The molecule has 0 spiro atoms. The van der Waals surface area contributed by atoms with Gasteiger partial charge >= 0.3 is 6.03 Å². The van der Waals surface area contributed by atoms with E-state index in [1.54, 1.807) is 49.4 Å². The molecule has 0 aliphatic rings. The summed E-state index contributed by atoms with van der Waals surface area (Å²) in [5.74, 6) is -1.34. The molecule has 0 aliphatic heterocycles. The van der Waals surface area contributed by atoms with E-state index in [2.05, 4.69) is 16.0 Å². The largest absolute Gasteiger partial charge is 0.329 e. The van der Waals surface area contributed by atoms with Crippen LogP contribution in [0, 0.1) is 12.7 Å². The zero-order valence-electron chi connectivity index (χ0n) is 18.3. The van der Waals surface area contributed by atoms with E-state index >= 15 is 0 Å². The second-order valence-corrected chi connectivity index (χ2v) is 7.45. The summed E-state index contributed by atoms with van der Waals surface area (Å²) in [5.41, 5.74) is 2.50. The van der Waals surface area contributed by atoms with E-state index in [0.29, 0.717) is 17.1 Å². The number of halogens is 1. The molecule has 7 nitrogen and oxygen atoms in total. The molecule has 4 amide bonds. The van der Waals surface area contributed by atoms with Crippen molar-refractivity contribution in [3.63, 3.8) is 0 Å². The fourth-order valence-electron chi connectivity index (χ4n) is 3.21. The maximum absolute atomic E-state index is 13.1. The monoisotopic (exact) mass is 448 g/mol. The van der Waals surface area contributed by atoms with Crippen molar-refractivity contribution in [1.29, 1.82) is 0 Å². The first-order valence-electron chi connectivity index (χ1n) is 10.4. The Morgan fingerprint density at radius 2 is 1.58 bits per heavy atom. The summed E-state index contributed by atoms with van der Waals surface area (Å²) in [5, 5.41) is 7.89. The molecule has 0 bridgehead atoms. The molecular formula is C25H25FN4O3. The van der Waals surface area contributed by atoms with Crippen molar-refractivity contribution >= 4 is 34.9 Å². The standard InChI is InChI=1S/C25H25FN4O3/c1-17-7-6-8-21(15-17)29-25(33)27-16-23(31)30(22-9-4-3-5-10-22)18(2)24(32)28-20-13-11-19(26)12-14-20/h3-15,18H,16H2,1-2H3,(H,28,32)(H2,27,29,33). The number of carbonyl (C=O) groups excluding carboxylic acids is 3. The number of carbonyl (C=O) groups is 3. The highest BCUT2D eigenvalue weighted by Gasteiger charge is 2.27. The van der Waals surface area contributed by atoms with E-state index in [0.717, 1.165) is 5.56 Å². The fraction of sp³-hybridized carbons (Fsp3) is 0.160. The molecule has 33 heavy (non-hydrogen) atoms. The molecule has 8 heteroatoms. The number of amides is 4. The lowest BCUT2D eigenvalue weighted by molar-refractivity contribution is -0.122. The average Bonchev–Trinajstić information content (AvgIpc) is 2.80. The first-order valence-corrected chi connectivity index (χ1v) is 10.4. The van der Waals surface area contributed by atoms with Gasteiger partial charge in [-0.15, -0.1) is 0 Å². The molecule has 0 saturated heterocycles. The van der Waals surface area contributed by atoms with Gasteiger partial charge < -0.3 is 16.0 Å². The molecule has 0 heterocycles. The van der Waals surface area contributed by atoms with E-state index < -0.39 is 29.7 Å². The second-order valence-electron chi connectivity index (χ2n) is 7.45. The third-order valence-electron chi connectivity index (χ3n) is 4.86. The highest BCUT2D eigenvalue weighted by atomic mass is 19.1. The van der Waals surface area contributed by atoms with Gasteiger partial charge in [0.2, 0.25) is 11.8 Å². The number of urea groups is 1. The quantitative estimate of drug-likeness (QED) is 0.503. The van der Waals surface area contributed by atoms with Crippen molar-refractivity contribution in [2.45, 2.75) is 19.9 Å². The summed E-state index contributed by atoms with van der Waals surface area (Å²) in [7, 11) is 0. The molecule has 0 aliphatic carbocycles. The Kier molecular flexibility index (Phi) is 7.75. The molecule has 170 valence electrons. The van der Waals surface area contributed by atoms with Crippen molar-refractivity contribution in [1.82, 2.24) is 5.32 Å². The third-order valence-corrected chi connectivity index (χ3v) is 4.86. The van der Waals surface area contributed by atoms with E-state index in [1.807, 2.05) is 19.1 Å². The van der Waals surface area contributed by atoms with Gasteiger partial charge in [0.05, 0.1) is 6.54 Å². The van der Waals surface area contributed by atoms with Gasteiger partial charge in [0.15, 0.2) is 0 Å². The molecule has 0 radical (unpaired) electrons. The Bertz CT molecular complexity index is 1120. The minimum atomic E-state index is -0.897. The zero-order chi connectivity index (χ0) is 23.8. The topological polar surface area (TPSA) is 90.5 Å². The number of aryl methyl sites for hydroxylation is 1. The summed E-state index contributed by atoms with van der Waals surface area (Å²) in [6, 6.07) is 19.9. The van der Waals surface area contributed by atoms with Gasteiger partial charge in [-0.2, -0.15) is 0 Å². The van der Waals surface area contributed by atoms with Crippen molar-refractivity contribution in [2.75, 3.05) is 22.1 Å². The number of anilines is 3. The van der Waals surface area contributed by atoms with E-state index in [9.17, 15) is 18.8 Å². The van der Waals surface area contributed by atoms with Crippen molar-refractivity contribution in [3.8, 4) is 0 Å². The molecule has 0 saturated carbocycles. The van der Waals surface area contributed by atoms with Gasteiger partial charge in [-0.05, 0) is 67.9 Å². The summed E-state index contributed by atoms with van der Waals surface area (Å²) in [4.78, 5) is 39.4. The first kappa shape index (κ1) is 23.5. The first-order chi connectivity index (χ1) is 15.8. The van der Waals surface area contributed by atoms with Gasteiger partial charge in [0, 0.05) is 17.1 Å². The van der Waals surface area contributed by atoms with Gasteiger partial charge in [-0.1, -0.05) is 30.3 Å². The minimum absolute atomic E-state index is 0.319. The van der Waals surface area contributed by atoms with E-state index in [-0.39, 0.29) is 6.54 Å². The van der Waals surface area contributed by atoms with Gasteiger partial charge in [-0.25, -0.2) is 9.18 Å². The number of benzene rings is 3. The predicted octanol–water partition coefficient (Wildman–Crippen LogP) is 4.32. The van der Waals surface area contributed by atoms with Gasteiger partial charge in [-0.3, -0.25) is 14.5 Å². The normalized spacial score (nSPS) is 11.2. The minimum Gasteiger partial charge on any atom is -0.329 e. The number of para-hydroxylation sites is 1. The molecule has 1 atom stereocenters. The van der Waals surface area contributed by atoms with Crippen LogP contribution in [0.4, 0.5) is 26.2 Å². The highest BCUT2D eigenvalue weighted by Crippen LogP contribution is 2.18. The van der Waals surface area contributed by atoms with Crippen LogP contribution >= 0.6 is 0 Å². The lowest BCUT2D eigenvalue weighted by atomic mass is 10.2. The lowest BCUT2D eigenvalue weighted by Crippen LogP contribution is -2.50. The lowest BCUT2D eigenvalue weighted by Gasteiger charge is -2.28. The number of hydrogen-bond donors (Lipinski definition) is 3. The molecule has 3 rings (SSSR count). The number of nitrogens with one attached hydrogen (secondary N) is 3. The molecular weight excluding hydrogens is 423 g/mol. The van der Waals surface area contributed by atoms with E-state index in [1.165, 1.54) is 29.2 Å². The van der Waals surface area contributed by atoms with Crippen LogP contribution in [0.5, 0.6) is 0 Å². The molecule has 3 aromatic rings. The molecule has 0 fully saturated rings. The highest BCUT2D eigenvalue weighted by molar-refractivity contribution is 6.06. The molecule has 0 aromatic heterocycles. The van der Waals surface area contributed by atoms with Crippen molar-refractivity contribution in [2.24, 2.45) is 0 Å². The summed E-state index contributed by atoms with van der Waals surface area (Å²) < 4.78 is 13.1. The van der Waals surface area contributed by atoms with Crippen LogP contribution in [0.2, 0.25) is 0 Å². The smallest absolute Gasteiger partial charge is 0.319 e. The maximum Gasteiger partial charge on any atom is 0.319 e. The average molecular weight is 448 g/mol. The van der Waals surface area contributed by atoms with Crippen LogP contribution in [0.15, 0.2) is 78.9 Å². The zero-order valence-corrected chi connectivity index (χ0v) is 18.3. The van der Waals surface area contributed by atoms with Gasteiger partial charge in [0.25, 0.3) is 0 Å². The Morgan fingerprint density at radius 1 is 0.879 bits per heavy atom. The number of nitrogens with zero attached hydrogens (tertiary/aromatic N) is 1. The predicted molar refractivity (Wildman–Crippen MR) is 127 cm³/mol. The number of rotatable bonds is 7. The van der Waals surface area contributed by atoms with Crippen LogP contribution in [-0.4, -0.2) is 30.4 Å². The number of hydrogen-bond acceptors (Lipinski definition) is 3. The van der Waals surface area contributed by atoms with Crippen molar-refractivity contribution < 1.29 is 18.8 Å². The summed E-state index contributed by atoms with van der Waals surface area (Å²) >= 11 is 0. The summed E-state index contributed by atoms with van der Waals surface area (Å²) in [6.07, 6.45) is 0. The Labute approximate surface area is 191 Å². The molecule has 1 unspecified atom stereocenters. The Morgan fingerprint density at radius 3 is 2.24 bits per heavy atom. The van der Waals surface area contributed by atoms with Crippen molar-refractivity contribution in [3.05, 3.63) is 90.2 Å². The second kappa shape index (κ2) is 10.9. The van der Waals surface area contributed by atoms with Crippen LogP contribution in [0.3, 0.4) is 0 Å². The van der Waals surface area contributed by atoms with Crippen LogP contribution in [0.1, 0.15) is 12.5 Å². The SMILES string of the molecule is Cc1cccc(NC(=O)NCC(=O)N(c2ccccc2)C(C)C(=O)Nc2ccc(F)cc2)c1. The Balaban J connectivity index is 1.69. The molecule has 3 aromatic carbocycles. The maximum atomic E-state index is 13.1. The fourth-order valence-corrected chi connectivity index (χ4v) is 3.21. The Hall–Kier alpha value is -4.20. The third kappa shape index (κ3) is 6.64. The summed E-state index contributed by atoms with van der Waals surface area (Å²) in [6.45, 7) is 3.17. The van der Waals surface area contributed by atoms with Crippen LogP contribution in [-0.2, 0) is 9.59 Å². The van der Waals surface area contributed by atoms with Crippen LogP contribution < -0.4 is 20.9 Å². The molecule has 3 N–H and O–H groups in total. The van der Waals surface area contributed by atoms with Crippen LogP contribution in [0.25, 0.3) is 0 Å². The van der Waals surface area contributed by atoms with E-state index in [4.69, 9.17) is 0 Å².